The lowest BCUT2D eigenvalue weighted by atomic mass is 10.3. The highest BCUT2D eigenvalue weighted by atomic mass is 19.3. The molecule has 0 fully saturated rings. The van der Waals surface area contributed by atoms with Gasteiger partial charge in [-0.05, 0) is 19.1 Å². The fourth-order valence-corrected chi connectivity index (χ4v) is 2.46. The molecule has 0 aliphatic heterocycles. The monoisotopic (exact) mass is 364 g/mol. The maximum absolute atomic E-state index is 13.4. The van der Waals surface area contributed by atoms with E-state index in [9.17, 15) is 18.4 Å². The molecule has 0 aliphatic carbocycles. The van der Waals surface area contributed by atoms with Crippen LogP contribution in [-0.2, 0) is 16.1 Å². The fraction of sp³-hybridized carbons (Fsp3) is 0.267. The van der Waals surface area contributed by atoms with Crippen molar-refractivity contribution in [3.63, 3.8) is 0 Å². The molecule has 3 rings (SSSR count). The summed E-state index contributed by atoms with van der Waals surface area (Å²) >= 11 is 0. The van der Waals surface area contributed by atoms with Crippen LogP contribution >= 0.6 is 0 Å². The second kappa shape index (κ2) is 6.86. The molecule has 26 heavy (non-hydrogen) atoms. The van der Waals surface area contributed by atoms with Gasteiger partial charge in [-0.3, -0.25) is 9.36 Å². The number of para-hydroxylation sites is 2. The standard InChI is InChI=1S/C15H14F2N6O3/c1-8(26-14(25)10-6-22(21-20-10)7-12(18)24)13-19-9-4-2-3-5-11(9)23(13)15(16)17/h2-6,8,15H,7H2,1H3,(H2,18,24). The summed E-state index contributed by atoms with van der Waals surface area (Å²) in [4.78, 5) is 27.1. The molecule has 0 saturated carbocycles. The average Bonchev–Trinajstić information content (AvgIpc) is 3.18. The molecule has 3 aromatic rings. The van der Waals surface area contributed by atoms with Gasteiger partial charge in [0, 0.05) is 0 Å². The number of hydrogen-bond donors (Lipinski definition) is 1. The van der Waals surface area contributed by atoms with Crippen molar-refractivity contribution in [3.8, 4) is 0 Å². The van der Waals surface area contributed by atoms with E-state index >= 15 is 0 Å². The van der Waals surface area contributed by atoms with Gasteiger partial charge in [-0.15, -0.1) is 5.10 Å². The van der Waals surface area contributed by atoms with E-state index in [0.717, 1.165) is 4.68 Å². The minimum absolute atomic E-state index is 0.0981. The summed E-state index contributed by atoms with van der Waals surface area (Å²) in [5.41, 5.74) is 5.43. The second-order valence-corrected chi connectivity index (χ2v) is 5.42. The van der Waals surface area contributed by atoms with Gasteiger partial charge < -0.3 is 10.5 Å². The first-order chi connectivity index (χ1) is 12.4. The number of imidazole rings is 1. The van der Waals surface area contributed by atoms with Gasteiger partial charge in [-0.25, -0.2) is 14.5 Å². The molecule has 2 N–H and O–H groups in total. The Kier molecular flexibility index (Phi) is 4.61. The smallest absolute Gasteiger partial charge is 0.361 e. The number of carbonyl (C=O) groups excluding carboxylic acids is 2. The van der Waals surface area contributed by atoms with Gasteiger partial charge in [0.25, 0.3) is 0 Å². The molecular formula is C15H14F2N6O3. The van der Waals surface area contributed by atoms with Crippen molar-refractivity contribution in [2.45, 2.75) is 26.1 Å². The third-order valence-corrected chi connectivity index (χ3v) is 3.53. The Labute approximate surface area is 145 Å². The summed E-state index contributed by atoms with van der Waals surface area (Å²) in [6.45, 7) is -1.68. The minimum atomic E-state index is -2.85. The first-order valence-corrected chi connectivity index (χ1v) is 7.51. The number of nitrogens with zero attached hydrogens (tertiary/aromatic N) is 5. The summed E-state index contributed by atoms with van der Waals surface area (Å²) < 4.78 is 33.8. The number of ether oxygens (including phenoxy) is 1. The molecule has 0 bridgehead atoms. The topological polar surface area (TPSA) is 118 Å². The molecule has 1 amide bonds. The summed E-state index contributed by atoms with van der Waals surface area (Å²) in [5.74, 6) is -1.64. The van der Waals surface area contributed by atoms with E-state index < -0.39 is 24.5 Å². The zero-order chi connectivity index (χ0) is 18.8. The van der Waals surface area contributed by atoms with E-state index in [4.69, 9.17) is 10.5 Å². The van der Waals surface area contributed by atoms with Crippen molar-refractivity contribution >= 4 is 22.9 Å². The van der Waals surface area contributed by atoms with E-state index in [1.807, 2.05) is 0 Å². The maximum atomic E-state index is 13.4. The average molecular weight is 364 g/mol. The lowest BCUT2D eigenvalue weighted by Crippen LogP contribution is -2.19. The van der Waals surface area contributed by atoms with Gasteiger partial charge in [0.1, 0.15) is 6.54 Å². The highest BCUT2D eigenvalue weighted by Gasteiger charge is 2.25. The van der Waals surface area contributed by atoms with Crippen LogP contribution in [0.3, 0.4) is 0 Å². The largest absolute Gasteiger partial charge is 0.450 e. The maximum Gasteiger partial charge on any atom is 0.361 e. The lowest BCUT2D eigenvalue weighted by molar-refractivity contribution is -0.118. The number of aromatic nitrogens is 5. The predicted octanol–water partition coefficient (Wildman–Crippen LogP) is 1.43. The van der Waals surface area contributed by atoms with Crippen LogP contribution in [0, 0.1) is 0 Å². The quantitative estimate of drug-likeness (QED) is 0.661. The summed E-state index contributed by atoms with van der Waals surface area (Å²) in [6.07, 6.45) is 0.112. The molecule has 0 spiro atoms. The number of esters is 1. The number of primary amides is 1. The number of benzene rings is 1. The number of nitrogens with two attached hydrogens (primary N) is 1. The first kappa shape index (κ1) is 17.5. The Morgan fingerprint density at radius 3 is 2.73 bits per heavy atom. The molecule has 136 valence electrons. The number of hydrogen-bond acceptors (Lipinski definition) is 6. The number of fused-ring (bicyclic) bond motifs is 1. The van der Waals surface area contributed by atoms with Crippen LogP contribution in [0.1, 0.15) is 35.9 Å². The number of amides is 1. The van der Waals surface area contributed by atoms with Crippen LogP contribution in [0.25, 0.3) is 11.0 Å². The van der Waals surface area contributed by atoms with Gasteiger partial charge in [-0.2, -0.15) is 8.78 Å². The number of carbonyl (C=O) groups is 2. The molecule has 0 aliphatic rings. The Balaban J connectivity index is 1.83. The van der Waals surface area contributed by atoms with Crippen LogP contribution in [-0.4, -0.2) is 36.4 Å². The molecule has 0 radical (unpaired) electrons. The van der Waals surface area contributed by atoms with Crippen molar-refractivity contribution in [1.29, 1.82) is 0 Å². The van der Waals surface area contributed by atoms with Crippen LogP contribution < -0.4 is 5.73 Å². The van der Waals surface area contributed by atoms with Gasteiger partial charge in [0.15, 0.2) is 17.6 Å². The molecule has 11 heteroatoms. The number of alkyl halides is 2. The SMILES string of the molecule is CC(OC(=O)c1cn(CC(N)=O)nn1)c1nc2ccccc2n1C(F)F. The van der Waals surface area contributed by atoms with Crippen molar-refractivity contribution in [2.24, 2.45) is 5.73 Å². The molecule has 1 unspecified atom stereocenters. The molecular weight excluding hydrogens is 350 g/mol. The van der Waals surface area contributed by atoms with E-state index in [-0.39, 0.29) is 23.6 Å². The van der Waals surface area contributed by atoms with E-state index in [0.29, 0.717) is 10.1 Å². The van der Waals surface area contributed by atoms with E-state index in [1.165, 1.54) is 19.2 Å². The predicted molar refractivity (Wildman–Crippen MR) is 84.0 cm³/mol. The van der Waals surface area contributed by atoms with Gasteiger partial charge in [0.05, 0.1) is 17.2 Å². The van der Waals surface area contributed by atoms with Crippen molar-refractivity contribution in [2.75, 3.05) is 0 Å². The van der Waals surface area contributed by atoms with E-state index in [1.54, 1.807) is 18.2 Å². The van der Waals surface area contributed by atoms with Crippen molar-refractivity contribution in [3.05, 3.63) is 42.0 Å². The molecule has 1 atom stereocenters. The van der Waals surface area contributed by atoms with Crippen LogP contribution in [0.5, 0.6) is 0 Å². The Bertz CT molecular complexity index is 967. The Hall–Kier alpha value is -3.37. The Morgan fingerprint density at radius 1 is 1.31 bits per heavy atom. The Morgan fingerprint density at radius 2 is 2.04 bits per heavy atom. The molecule has 1 aromatic carbocycles. The zero-order valence-corrected chi connectivity index (χ0v) is 13.5. The normalized spacial score (nSPS) is 12.5. The van der Waals surface area contributed by atoms with Crippen molar-refractivity contribution in [1.82, 2.24) is 24.5 Å². The zero-order valence-electron chi connectivity index (χ0n) is 13.5. The second-order valence-electron chi connectivity index (χ2n) is 5.42. The number of halogens is 2. The first-order valence-electron chi connectivity index (χ1n) is 7.51. The minimum Gasteiger partial charge on any atom is -0.450 e. The van der Waals surface area contributed by atoms with E-state index in [2.05, 4.69) is 15.3 Å². The molecule has 9 nitrogen and oxygen atoms in total. The lowest BCUT2D eigenvalue weighted by Gasteiger charge is -2.14. The molecule has 2 heterocycles. The summed E-state index contributed by atoms with van der Waals surface area (Å²) in [6, 6.07) is 6.37. The van der Waals surface area contributed by atoms with Crippen LogP contribution in [0.15, 0.2) is 30.5 Å². The highest BCUT2D eigenvalue weighted by molar-refractivity contribution is 5.87. The fourth-order valence-electron chi connectivity index (χ4n) is 2.46. The third kappa shape index (κ3) is 3.36. The third-order valence-electron chi connectivity index (χ3n) is 3.53. The van der Waals surface area contributed by atoms with Crippen LogP contribution in [0.4, 0.5) is 8.78 Å². The van der Waals surface area contributed by atoms with Crippen LogP contribution in [0.2, 0.25) is 0 Å². The molecule has 0 saturated heterocycles. The van der Waals surface area contributed by atoms with Gasteiger partial charge >= 0.3 is 12.5 Å². The number of rotatable bonds is 6. The summed E-state index contributed by atoms with van der Waals surface area (Å²) in [5, 5.41) is 7.13. The van der Waals surface area contributed by atoms with Gasteiger partial charge in [-0.1, -0.05) is 17.3 Å². The highest BCUT2D eigenvalue weighted by Crippen LogP contribution is 2.28. The van der Waals surface area contributed by atoms with Crippen molar-refractivity contribution < 1.29 is 23.1 Å². The summed E-state index contributed by atoms with van der Waals surface area (Å²) in [7, 11) is 0. The molecule has 2 aromatic heterocycles. The van der Waals surface area contributed by atoms with Gasteiger partial charge in [0.2, 0.25) is 5.91 Å².